The SMILES string of the molecule is CC1CNCC(C(=O)NC2CCCN(C)C2)C1. The standard InChI is InChI=1S/C13H25N3O/c1-10-6-11(8-14-7-10)13(17)15-12-4-3-5-16(2)9-12/h10-12,14H,3-9H2,1-2H3,(H,15,17). The summed E-state index contributed by atoms with van der Waals surface area (Å²) in [5.74, 6) is 1.05. The van der Waals surface area contributed by atoms with E-state index in [9.17, 15) is 4.79 Å². The summed E-state index contributed by atoms with van der Waals surface area (Å²) in [5, 5.41) is 6.56. The van der Waals surface area contributed by atoms with E-state index in [2.05, 4.69) is 29.5 Å². The minimum absolute atomic E-state index is 0.172. The third-order valence-electron chi connectivity index (χ3n) is 3.91. The van der Waals surface area contributed by atoms with Gasteiger partial charge in [-0.15, -0.1) is 0 Å². The van der Waals surface area contributed by atoms with E-state index >= 15 is 0 Å². The van der Waals surface area contributed by atoms with Gasteiger partial charge in [0.15, 0.2) is 0 Å². The number of rotatable bonds is 2. The minimum Gasteiger partial charge on any atom is -0.352 e. The van der Waals surface area contributed by atoms with Gasteiger partial charge in [-0.25, -0.2) is 0 Å². The Balaban J connectivity index is 1.79. The maximum absolute atomic E-state index is 12.1. The third-order valence-corrected chi connectivity index (χ3v) is 3.91. The van der Waals surface area contributed by atoms with Gasteiger partial charge in [0.1, 0.15) is 0 Å². The topological polar surface area (TPSA) is 44.4 Å². The van der Waals surface area contributed by atoms with Crippen molar-refractivity contribution in [1.29, 1.82) is 0 Å². The molecule has 4 heteroatoms. The highest BCUT2D eigenvalue weighted by Crippen LogP contribution is 2.17. The number of hydrogen-bond donors (Lipinski definition) is 2. The Bertz CT molecular complexity index is 269. The lowest BCUT2D eigenvalue weighted by Gasteiger charge is -2.33. The first-order valence-corrected chi connectivity index (χ1v) is 6.85. The summed E-state index contributed by atoms with van der Waals surface area (Å²) in [5.41, 5.74) is 0. The van der Waals surface area contributed by atoms with Gasteiger partial charge in [0.05, 0.1) is 5.92 Å². The molecule has 2 aliphatic rings. The second-order valence-corrected chi connectivity index (χ2v) is 5.81. The zero-order chi connectivity index (χ0) is 12.3. The number of piperidine rings is 2. The van der Waals surface area contributed by atoms with Crippen LogP contribution in [0.3, 0.4) is 0 Å². The van der Waals surface area contributed by atoms with Crippen LogP contribution < -0.4 is 10.6 Å². The van der Waals surface area contributed by atoms with E-state index in [0.29, 0.717) is 12.0 Å². The van der Waals surface area contributed by atoms with Gasteiger partial charge in [-0.3, -0.25) is 4.79 Å². The van der Waals surface area contributed by atoms with Crippen LogP contribution in [-0.4, -0.2) is 50.1 Å². The van der Waals surface area contributed by atoms with E-state index in [1.54, 1.807) is 0 Å². The molecule has 0 aromatic carbocycles. The maximum Gasteiger partial charge on any atom is 0.224 e. The summed E-state index contributed by atoms with van der Waals surface area (Å²) < 4.78 is 0. The lowest BCUT2D eigenvalue weighted by atomic mass is 9.91. The number of likely N-dealkylation sites (N-methyl/N-ethyl adjacent to an activating group) is 1. The van der Waals surface area contributed by atoms with Crippen LogP contribution in [0, 0.1) is 11.8 Å². The molecule has 0 aromatic heterocycles. The molecule has 98 valence electrons. The van der Waals surface area contributed by atoms with Crippen molar-refractivity contribution in [3.63, 3.8) is 0 Å². The monoisotopic (exact) mass is 239 g/mol. The Hall–Kier alpha value is -0.610. The number of carbonyl (C=O) groups is 1. The highest BCUT2D eigenvalue weighted by molar-refractivity contribution is 5.79. The van der Waals surface area contributed by atoms with E-state index < -0.39 is 0 Å². The lowest BCUT2D eigenvalue weighted by molar-refractivity contribution is -0.127. The molecule has 2 N–H and O–H groups in total. The van der Waals surface area contributed by atoms with E-state index in [-0.39, 0.29) is 11.8 Å². The van der Waals surface area contributed by atoms with Crippen LogP contribution in [0.2, 0.25) is 0 Å². The zero-order valence-corrected chi connectivity index (χ0v) is 11.0. The molecule has 0 radical (unpaired) electrons. The van der Waals surface area contributed by atoms with E-state index in [0.717, 1.165) is 39.0 Å². The van der Waals surface area contributed by atoms with Crippen LogP contribution in [0.5, 0.6) is 0 Å². The van der Waals surface area contributed by atoms with Crippen LogP contribution in [0.4, 0.5) is 0 Å². The fourth-order valence-corrected chi connectivity index (χ4v) is 2.96. The molecule has 2 aliphatic heterocycles. The third kappa shape index (κ3) is 3.68. The van der Waals surface area contributed by atoms with Crippen molar-refractivity contribution >= 4 is 5.91 Å². The lowest BCUT2D eigenvalue weighted by Crippen LogP contribution is -2.50. The predicted octanol–water partition coefficient (Wildman–Crippen LogP) is 0.442. The van der Waals surface area contributed by atoms with Crippen LogP contribution in [0.15, 0.2) is 0 Å². The van der Waals surface area contributed by atoms with Gasteiger partial charge in [-0.2, -0.15) is 0 Å². The summed E-state index contributed by atoms with van der Waals surface area (Å²) in [4.78, 5) is 14.5. The molecule has 0 aromatic rings. The van der Waals surface area contributed by atoms with Crippen LogP contribution in [0.1, 0.15) is 26.2 Å². The molecule has 0 bridgehead atoms. The zero-order valence-electron chi connectivity index (χ0n) is 11.0. The molecule has 3 unspecified atom stereocenters. The van der Waals surface area contributed by atoms with E-state index in [1.807, 2.05) is 0 Å². The first-order valence-electron chi connectivity index (χ1n) is 6.85. The van der Waals surface area contributed by atoms with Crippen molar-refractivity contribution in [2.24, 2.45) is 11.8 Å². The van der Waals surface area contributed by atoms with Crippen LogP contribution in [-0.2, 0) is 4.79 Å². The smallest absolute Gasteiger partial charge is 0.224 e. The molecule has 2 rings (SSSR count). The summed E-state index contributed by atoms with van der Waals surface area (Å²) in [6.45, 7) is 6.27. The highest BCUT2D eigenvalue weighted by Gasteiger charge is 2.27. The van der Waals surface area contributed by atoms with Crippen molar-refractivity contribution in [3.05, 3.63) is 0 Å². The normalized spacial score (nSPS) is 35.5. The van der Waals surface area contributed by atoms with Crippen molar-refractivity contribution < 1.29 is 4.79 Å². The molecular formula is C13H25N3O. The Morgan fingerprint density at radius 1 is 1.41 bits per heavy atom. The molecular weight excluding hydrogens is 214 g/mol. The molecule has 0 spiro atoms. The number of nitrogens with zero attached hydrogens (tertiary/aromatic N) is 1. The quantitative estimate of drug-likeness (QED) is 0.735. The maximum atomic E-state index is 12.1. The average Bonchev–Trinajstić information content (AvgIpc) is 2.29. The molecule has 3 atom stereocenters. The first-order chi connectivity index (χ1) is 8.15. The van der Waals surface area contributed by atoms with Gasteiger partial charge < -0.3 is 15.5 Å². The van der Waals surface area contributed by atoms with Crippen molar-refractivity contribution in [2.75, 3.05) is 33.2 Å². The van der Waals surface area contributed by atoms with Gasteiger partial charge in [0.25, 0.3) is 0 Å². The summed E-state index contributed by atoms with van der Waals surface area (Å²) >= 11 is 0. The van der Waals surface area contributed by atoms with E-state index in [1.165, 1.54) is 6.42 Å². The number of likely N-dealkylation sites (tertiary alicyclic amines) is 1. The van der Waals surface area contributed by atoms with Crippen molar-refractivity contribution in [3.8, 4) is 0 Å². The second kappa shape index (κ2) is 5.83. The summed E-state index contributed by atoms with van der Waals surface area (Å²) in [7, 11) is 2.13. The molecule has 17 heavy (non-hydrogen) atoms. The number of hydrogen-bond acceptors (Lipinski definition) is 3. The van der Waals surface area contributed by atoms with Gasteiger partial charge in [0, 0.05) is 19.1 Å². The average molecular weight is 239 g/mol. The molecule has 0 saturated carbocycles. The molecule has 4 nitrogen and oxygen atoms in total. The van der Waals surface area contributed by atoms with E-state index in [4.69, 9.17) is 0 Å². The van der Waals surface area contributed by atoms with Gasteiger partial charge in [0.2, 0.25) is 5.91 Å². The molecule has 2 fully saturated rings. The molecule has 1 amide bonds. The fraction of sp³-hybridized carbons (Fsp3) is 0.923. The van der Waals surface area contributed by atoms with Gasteiger partial charge in [-0.05, 0) is 45.3 Å². The molecule has 2 saturated heterocycles. The fourth-order valence-electron chi connectivity index (χ4n) is 2.96. The number of carbonyl (C=O) groups excluding carboxylic acids is 1. The predicted molar refractivity (Wildman–Crippen MR) is 68.8 cm³/mol. The summed E-state index contributed by atoms with van der Waals surface area (Å²) in [6.07, 6.45) is 3.36. The largest absolute Gasteiger partial charge is 0.352 e. The molecule has 2 heterocycles. The van der Waals surface area contributed by atoms with Gasteiger partial charge >= 0.3 is 0 Å². The van der Waals surface area contributed by atoms with Gasteiger partial charge in [-0.1, -0.05) is 6.92 Å². The Labute approximate surface area is 104 Å². The minimum atomic E-state index is 0.172. The number of amides is 1. The highest BCUT2D eigenvalue weighted by atomic mass is 16.2. The first kappa shape index (κ1) is 12.8. The summed E-state index contributed by atoms with van der Waals surface area (Å²) in [6, 6.07) is 0.360. The Morgan fingerprint density at radius 3 is 2.94 bits per heavy atom. The Kier molecular flexibility index (Phi) is 4.40. The van der Waals surface area contributed by atoms with Crippen molar-refractivity contribution in [1.82, 2.24) is 15.5 Å². The van der Waals surface area contributed by atoms with Crippen molar-refractivity contribution in [2.45, 2.75) is 32.2 Å². The van der Waals surface area contributed by atoms with Crippen LogP contribution >= 0.6 is 0 Å². The second-order valence-electron chi connectivity index (χ2n) is 5.81. The Morgan fingerprint density at radius 2 is 2.24 bits per heavy atom. The van der Waals surface area contributed by atoms with Crippen LogP contribution in [0.25, 0.3) is 0 Å². The number of nitrogens with one attached hydrogen (secondary N) is 2. The molecule has 0 aliphatic carbocycles.